The fourth-order valence-corrected chi connectivity index (χ4v) is 7.13. The molecule has 1 aromatic heterocycles. The molecule has 1 heterocycles. The van der Waals surface area contributed by atoms with Crippen LogP contribution in [0.1, 0.15) is 0 Å². The molecule has 46 heavy (non-hydrogen) atoms. The quantitative estimate of drug-likeness (QED) is 0.195. The zero-order chi connectivity index (χ0) is 30.5. The zero-order valence-corrected chi connectivity index (χ0v) is 25.2. The minimum atomic E-state index is 1.12. The summed E-state index contributed by atoms with van der Waals surface area (Å²) in [5.74, 6) is 0. The zero-order valence-electron chi connectivity index (χ0n) is 25.2. The molecule has 0 amide bonds. The Labute approximate surface area is 268 Å². The average Bonchev–Trinajstić information content (AvgIpc) is 3.48. The lowest BCUT2D eigenvalue weighted by molar-refractivity contribution is 1.19. The van der Waals surface area contributed by atoms with Gasteiger partial charge in [-0.1, -0.05) is 127 Å². The van der Waals surface area contributed by atoms with Crippen LogP contribution in [-0.2, 0) is 0 Å². The standard InChI is InChI=1S/C44H30N2/c1-3-19-34(20-4-1)45(41-28-14-17-31-15-7-9-24-37(31)41)36-23-13-18-32(29-36)40-30-33-16-8-10-25-38(33)44-43(40)39-26-11-12-27-42(39)46(44)35-21-5-2-6-22-35/h1-30H. The second-order valence-corrected chi connectivity index (χ2v) is 11.8. The Balaban J connectivity index is 1.35. The molecule has 0 radical (unpaired) electrons. The van der Waals surface area contributed by atoms with Crippen molar-refractivity contribution in [2.24, 2.45) is 0 Å². The van der Waals surface area contributed by atoms with Crippen LogP contribution < -0.4 is 4.90 Å². The van der Waals surface area contributed by atoms with E-state index in [0.29, 0.717) is 0 Å². The van der Waals surface area contributed by atoms with Crippen LogP contribution in [0, 0.1) is 0 Å². The van der Waals surface area contributed by atoms with E-state index in [9.17, 15) is 0 Å². The fraction of sp³-hybridized carbons (Fsp3) is 0. The lowest BCUT2D eigenvalue weighted by Gasteiger charge is -2.27. The first-order chi connectivity index (χ1) is 22.8. The second-order valence-electron chi connectivity index (χ2n) is 11.8. The Hall–Kier alpha value is -6.12. The van der Waals surface area contributed by atoms with Crippen molar-refractivity contribution >= 4 is 60.4 Å². The molecule has 0 spiro atoms. The van der Waals surface area contributed by atoms with E-state index in [1.807, 2.05) is 0 Å². The highest BCUT2D eigenvalue weighted by atomic mass is 15.1. The van der Waals surface area contributed by atoms with Crippen molar-refractivity contribution < 1.29 is 0 Å². The minimum Gasteiger partial charge on any atom is -0.310 e. The van der Waals surface area contributed by atoms with Gasteiger partial charge in [-0.2, -0.15) is 0 Å². The van der Waals surface area contributed by atoms with Crippen molar-refractivity contribution in [3.8, 4) is 16.8 Å². The van der Waals surface area contributed by atoms with Crippen LogP contribution in [0.25, 0.3) is 60.2 Å². The maximum Gasteiger partial charge on any atom is 0.0625 e. The molecule has 0 aliphatic heterocycles. The molecule has 216 valence electrons. The highest BCUT2D eigenvalue weighted by molar-refractivity contribution is 6.24. The van der Waals surface area contributed by atoms with Crippen molar-refractivity contribution in [1.29, 1.82) is 0 Å². The summed E-state index contributed by atoms with van der Waals surface area (Å²) in [7, 11) is 0. The van der Waals surface area contributed by atoms with Crippen LogP contribution in [0.4, 0.5) is 17.1 Å². The van der Waals surface area contributed by atoms with Gasteiger partial charge in [0.05, 0.1) is 16.7 Å². The number of anilines is 3. The molecule has 0 aliphatic carbocycles. The summed E-state index contributed by atoms with van der Waals surface area (Å²) in [4.78, 5) is 2.39. The molecule has 0 saturated heterocycles. The van der Waals surface area contributed by atoms with Crippen molar-refractivity contribution in [1.82, 2.24) is 4.57 Å². The van der Waals surface area contributed by atoms with Gasteiger partial charge in [0.1, 0.15) is 0 Å². The highest BCUT2D eigenvalue weighted by Crippen LogP contribution is 2.45. The van der Waals surface area contributed by atoms with Crippen LogP contribution in [0.3, 0.4) is 0 Å². The van der Waals surface area contributed by atoms with Gasteiger partial charge in [-0.15, -0.1) is 0 Å². The molecule has 0 fully saturated rings. The van der Waals surface area contributed by atoms with Crippen LogP contribution in [0.2, 0.25) is 0 Å². The molecule has 2 heteroatoms. The SMILES string of the molecule is c1ccc(N(c2cccc(-c3cc4ccccc4c4c3c3ccccc3n4-c3ccccc3)c2)c2cccc3ccccc23)cc1. The number of para-hydroxylation sites is 3. The van der Waals surface area contributed by atoms with Gasteiger partial charge >= 0.3 is 0 Å². The van der Waals surface area contributed by atoms with Gasteiger partial charge in [-0.05, 0) is 76.5 Å². The van der Waals surface area contributed by atoms with Gasteiger partial charge in [0.25, 0.3) is 0 Å². The maximum atomic E-state index is 2.44. The van der Waals surface area contributed by atoms with Gasteiger partial charge in [0.15, 0.2) is 0 Å². The van der Waals surface area contributed by atoms with Gasteiger partial charge in [-0.3, -0.25) is 0 Å². The molecule has 0 atom stereocenters. The third-order valence-corrected chi connectivity index (χ3v) is 9.11. The topological polar surface area (TPSA) is 8.17 Å². The summed E-state index contributed by atoms with van der Waals surface area (Å²) >= 11 is 0. The highest BCUT2D eigenvalue weighted by Gasteiger charge is 2.21. The number of rotatable bonds is 5. The van der Waals surface area contributed by atoms with E-state index < -0.39 is 0 Å². The molecule has 9 aromatic rings. The predicted octanol–water partition coefficient (Wildman–Crippen LogP) is 12.2. The molecule has 0 unspecified atom stereocenters. The van der Waals surface area contributed by atoms with Gasteiger partial charge in [0, 0.05) is 38.6 Å². The third kappa shape index (κ3) is 4.19. The van der Waals surface area contributed by atoms with Crippen LogP contribution in [0.15, 0.2) is 182 Å². The van der Waals surface area contributed by atoms with E-state index in [1.54, 1.807) is 0 Å². The summed E-state index contributed by atoms with van der Waals surface area (Å²) in [5, 5.41) is 7.44. The molecule has 0 N–H and O–H groups in total. The van der Waals surface area contributed by atoms with Crippen LogP contribution in [-0.4, -0.2) is 4.57 Å². The lowest BCUT2D eigenvalue weighted by atomic mass is 9.94. The number of fused-ring (bicyclic) bond motifs is 6. The van der Waals surface area contributed by atoms with Crippen LogP contribution >= 0.6 is 0 Å². The molecule has 0 bridgehead atoms. The van der Waals surface area contributed by atoms with E-state index in [2.05, 4.69) is 191 Å². The Morgan fingerprint density at radius 2 is 1.02 bits per heavy atom. The molecule has 0 saturated carbocycles. The normalized spacial score (nSPS) is 11.5. The first-order valence-corrected chi connectivity index (χ1v) is 15.8. The van der Waals surface area contributed by atoms with Crippen molar-refractivity contribution in [3.05, 3.63) is 182 Å². The first-order valence-electron chi connectivity index (χ1n) is 15.8. The monoisotopic (exact) mass is 586 g/mol. The average molecular weight is 587 g/mol. The second kappa shape index (κ2) is 10.8. The number of aromatic nitrogens is 1. The molecule has 2 nitrogen and oxygen atoms in total. The van der Waals surface area contributed by atoms with Crippen molar-refractivity contribution in [2.75, 3.05) is 4.90 Å². The molecular formula is C44H30N2. The Bertz CT molecular complexity index is 2520. The van der Waals surface area contributed by atoms with Crippen LogP contribution in [0.5, 0.6) is 0 Å². The molecule has 0 aliphatic rings. The van der Waals surface area contributed by atoms with E-state index in [4.69, 9.17) is 0 Å². The van der Waals surface area contributed by atoms with Gasteiger partial charge < -0.3 is 9.47 Å². The lowest BCUT2D eigenvalue weighted by Crippen LogP contribution is -2.10. The van der Waals surface area contributed by atoms with Gasteiger partial charge in [-0.25, -0.2) is 0 Å². The Kier molecular flexibility index (Phi) is 6.17. The Morgan fingerprint density at radius 3 is 1.85 bits per heavy atom. The van der Waals surface area contributed by atoms with E-state index in [0.717, 1.165) is 22.7 Å². The smallest absolute Gasteiger partial charge is 0.0625 e. The minimum absolute atomic E-state index is 1.12. The number of benzene rings is 8. The molecular weight excluding hydrogens is 556 g/mol. The van der Waals surface area contributed by atoms with Gasteiger partial charge in [0.2, 0.25) is 0 Å². The third-order valence-electron chi connectivity index (χ3n) is 9.11. The van der Waals surface area contributed by atoms with E-state index in [1.165, 1.54) is 54.5 Å². The number of nitrogens with zero attached hydrogens (tertiary/aromatic N) is 2. The largest absolute Gasteiger partial charge is 0.310 e. The summed E-state index contributed by atoms with van der Waals surface area (Å²) in [5.41, 5.74) is 9.42. The van der Waals surface area contributed by atoms with Crippen molar-refractivity contribution in [2.45, 2.75) is 0 Å². The first kappa shape index (κ1) is 26.3. The molecule has 8 aromatic carbocycles. The predicted molar refractivity (Wildman–Crippen MR) is 196 cm³/mol. The number of hydrogen-bond acceptors (Lipinski definition) is 1. The molecule has 9 rings (SSSR count). The number of hydrogen-bond donors (Lipinski definition) is 0. The van der Waals surface area contributed by atoms with E-state index in [-0.39, 0.29) is 0 Å². The summed E-state index contributed by atoms with van der Waals surface area (Å²) in [6.45, 7) is 0. The summed E-state index contributed by atoms with van der Waals surface area (Å²) in [6, 6.07) is 65.6. The summed E-state index contributed by atoms with van der Waals surface area (Å²) in [6.07, 6.45) is 0. The fourth-order valence-electron chi connectivity index (χ4n) is 7.13. The maximum absolute atomic E-state index is 2.44. The summed E-state index contributed by atoms with van der Waals surface area (Å²) < 4.78 is 2.44. The van der Waals surface area contributed by atoms with Crippen molar-refractivity contribution in [3.63, 3.8) is 0 Å². The van der Waals surface area contributed by atoms with E-state index >= 15 is 0 Å². The Morgan fingerprint density at radius 1 is 0.413 bits per heavy atom.